The van der Waals surface area contributed by atoms with E-state index in [1.54, 1.807) is 0 Å². The van der Waals surface area contributed by atoms with Gasteiger partial charge >= 0.3 is 0 Å². The molecule has 0 amide bonds. The van der Waals surface area contributed by atoms with Crippen LogP contribution < -0.4 is 0 Å². The van der Waals surface area contributed by atoms with Gasteiger partial charge < -0.3 is 4.74 Å². The predicted molar refractivity (Wildman–Crippen MR) is 78.4 cm³/mol. The SMILES string of the molecule is CCOCCC(CCl)(CCl)c1ccccc1Br. The smallest absolute Gasteiger partial charge is 0.0475 e. The highest BCUT2D eigenvalue weighted by Gasteiger charge is 2.32. The predicted octanol–water partition coefficient (Wildman–Crippen LogP) is 4.59. The molecule has 1 rings (SSSR count). The van der Waals surface area contributed by atoms with Crippen molar-refractivity contribution in [3.8, 4) is 0 Å². The first kappa shape index (κ1) is 15.3. The Hall–Kier alpha value is 0.240. The summed E-state index contributed by atoms with van der Waals surface area (Å²) in [7, 11) is 0. The third kappa shape index (κ3) is 3.85. The minimum absolute atomic E-state index is 0.224. The fraction of sp³-hybridized carbons (Fsp3) is 0.538. The van der Waals surface area contributed by atoms with E-state index in [0.717, 1.165) is 23.1 Å². The molecule has 0 radical (unpaired) electrons. The first-order chi connectivity index (χ1) is 8.20. The molecule has 0 atom stereocenters. The second-order valence-electron chi connectivity index (χ2n) is 3.97. The molecule has 0 bridgehead atoms. The lowest BCUT2D eigenvalue weighted by Gasteiger charge is -2.31. The van der Waals surface area contributed by atoms with Gasteiger partial charge in [0, 0.05) is 34.9 Å². The Morgan fingerprint density at radius 1 is 1.24 bits per heavy atom. The lowest BCUT2D eigenvalue weighted by molar-refractivity contribution is 0.131. The third-order valence-electron chi connectivity index (χ3n) is 2.89. The van der Waals surface area contributed by atoms with E-state index >= 15 is 0 Å². The van der Waals surface area contributed by atoms with Crippen LogP contribution >= 0.6 is 39.1 Å². The summed E-state index contributed by atoms with van der Waals surface area (Å²) in [5.41, 5.74) is 0.933. The monoisotopic (exact) mass is 338 g/mol. The maximum Gasteiger partial charge on any atom is 0.0475 e. The van der Waals surface area contributed by atoms with Crippen LogP contribution in [0.1, 0.15) is 18.9 Å². The van der Waals surface area contributed by atoms with E-state index in [2.05, 4.69) is 22.0 Å². The van der Waals surface area contributed by atoms with Crippen LogP contribution in [-0.4, -0.2) is 25.0 Å². The number of hydrogen-bond donors (Lipinski definition) is 0. The largest absolute Gasteiger partial charge is 0.382 e. The van der Waals surface area contributed by atoms with Gasteiger partial charge in [-0.25, -0.2) is 0 Å². The minimum atomic E-state index is -0.224. The van der Waals surface area contributed by atoms with Crippen LogP contribution in [-0.2, 0) is 10.2 Å². The zero-order chi connectivity index (χ0) is 12.7. The summed E-state index contributed by atoms with van der Waals surface area (Å²) in [5, 5.41) is 0. The highest BCUT2D eigenvalue weighted by Crippen LogP contribution is 2.35. The minimum Gasteiger partial charge on any atom is -0.382 e. The molecule has 0 aliphatic heterocycles. The molecule has 0 saturated carbocycles. The molecule has 0 aliphatic carbocycles. The summed E-state index contributed by atoms with van der Waals surface area (Å²) in [6.45, 7) is 3.38. The molecule has 0 heterocycles. The van der Waals surface area contributed by atoms with Crippen LogP contribution in [0.15, 0.2) is 28.7 Å². The summed E-state index contributed by atoms with van der Waals surface area (Å²) in [6.07, 6.45) is 0.830. The fourth-order valence-electron chi connectivity index (χ4n) is 1.75. The maximum absolute atomic E-state index is 6.15. The molecule has 0 spiro atoms. The molecule has 0 unspecified atom stereocenters. The van der Waals surface area contributed by atoms with E-state index in [4.69, 9.17) is 27.9 Å². The maximum atomic E-state index is 6.15. The van der Waals surface area contributed by atoms with Crippen molar-refractivity contribution in [2.24, 2.45) is 0 Å². The van der Waals surface area contributed by atoms with Gasteiger partial charge in [-0.2, -0.15) is 0 Å². The van der Waals surface area contributed by atoms with Crippen molar-refractivity contribution in [3.63, 3.8) is 0 Å². The lowest BCUT2D eigenvalue weighted by Crippen LogP contribution is -2.32. The normalized spacial score (nSPS) is 11.8. The number of rotatable bonds is 7. The molecule has 0 N–H and O–H groups in total. The number of hydrogen-bond acceptors (Lipinski definition) is 1. The average molecular weight is 340 g/mol. The Balaban J connectivity index is 2.94. The van der Waals surface area contributed by atoms with Crippen LogP contribution in [0.4, 0.5) is 0 Å². The van der Waals surface area contributed by atoms with Crippen LogP contribution in [0.5, 0.6) is 0 Å². The number of benzene rings is 1. The van der Waals surface area contributed by atoms with E-state index in [1.807, 2.05) is 25.1 Å². The topological polar surface area (TPSA) is 9.23 Å². The fourth-order valence-corrected chi connectivity index (χ4v) is 3.30. The van der Waals surface area contributed by atoms with Crippen molar-refractivity contribution < 1.29 is 4.74 Å². The van der Waals surface area contributed by atoms with Crippen molar-refractivity contribution >= 4 is 39.1 Å². The quantitative estimate of drug-likeness (QED) is 0.521. The van der Waals surface area contributed by atoms with Crippen LogP contribution in [0.25, 0.3) is 0 Å². The highest BCUT2D eigenvalue weighted by atomic mass is 79.9. The van der Waals surface area contributed by atoms with E-state index in [9.17, 15) is 0 Å². The summed E-state index contributed by atoms with van der Waals surface area (Å²) in [5.74, 6) is 0.984. The van der Waals surface area contributed by atoms with Crippen LogP contribution in [0, 0.1) is 0 Å². The summed E-state index contributed by atoms with van der Waals surface area (Å²) in [4.78, 5) is 0. The van der Waals surface area contributed by atoms with E-state index in [0.29, 0.717) is 18.4 Å². The standard InChI is InChI=1S/C13H17BrCl2O/c1-2-17-8-7-13(9-15,10-16)11-5-3-4-6-12(11)14/h3-6H,2,7-10H2,1H3. The second kappa shape index (κ2) is 7.63. The van der Waals surface area contributed by atoms with Gasteiger partial charge in [0.1, 0.15) is 0 Å². The third-order valence-corrected chi connectivity index (χ3v) is 4.60. The molecule has 0 aromatic heterocycles. The lowest BCUT2D eigenvalue weighted by atomic mass is 9.81. The van der Waals surface area contributed by atoms with Gasteiger partial charge in [0.15, 0.2) is 0 Å². The van der Waals surface area contributed by atoms with E-state index in [-0.39, 0.29) is 5.41 Å². The van der Waals surface area contributed by atoms with E-state index < -0.39 is 0 Å². The molecular weight excluding hydrogens is 323 g/mol. The molecule has 1 aromatic carbocycles. The van der Waals surface area contributed by atoms with Crippen molar-refractivity contribution in [2.45, 2.75) is 18.8 Å². The Morgan fingerprint density at radius 2 is 1.88 bits per heavy atom. The number of ether oxygens (including phenoxy) is 1. The molecular formula is C13H17BrCl2O. The molecule has 4 heteroatoms. The highest BCUT2D eigenvalue weighted by molar-refractivity contribution is 9.10. The van der Waals surface area contributed by atoms with Crippen LogP contribution in [0.2, 0.25) is 0 Å². The van der Waals surface area contributed by atoms with E-state index in [1.165, 1.54) is 0 Å². The van der Waals surface area contributed by atoms with Gasteiger partial charge in [-0.15, -0.1) is 23.2 Å². The molecule has 1 nitrogen and oxygen atoms in total. The first-order valence-corrected chi connectivity index (χ1v) is 7.51. The zero-order valence-corrected chi connectivity index (χ0v) is 13.0. The van der Waals surface area contributed by atoms with Gasteiger partial charge in [0.25, 0.3) is 0 Å². The molecule has 17 heavy (non-hydrogen) atoms. The molecule has 0 aliphatic rings. The van der Waals surface area contributed by atoms with Crippen molar-refractivity contribution in [3.05, 3.63) is 34.3 Å². The average Bonchev–Trinajstić information content (AvgIpc) is 2.36. The number of halogens is 3. The molecule has 1 aromatic rings. The summed E-state index contributed by atoms with van der Waals surface area (Å²) >= 11 is 15.9. The van der Waals surface area contributed by atoms with Crippen molar-refractivity contribution in [1.82, 2.24) is 0 Å². The Morgan fingerprint density at radius 3 is 2.41 bits per heavy atom. The van der Waals surface area contributed by atoms with Gasteiger partial charge in [0.2, 0.25) is 0 Å². The van der Waals surface area contributed by atoms with Gasteiger partial charge in [0.05, 0.1) is 0 Å². The van der Waals surface area contributed by atoms with Gasteiger partial charge in [-0.3, -0.25) is 0 Å². The van der Waals surface area contributed by atoms with Crippen LogP contribution in [0.3, 0.4) is 0 Å². The Bertz CT molecular complexity index is 340. The summed E-state index contributed by atoms with van der Waals surface area (Å²) in [6, 6.07) is 8.09. The van der Waals surface area contributed by atoms with Crippen molar-refractivity contribution in [2.75, 3.05) is 25.0 Å². The number of alkyl halides is 2. The Labute approximate surface area is 122 Å². The first-order valence-electron chi connectivity index (χ1n) is 5.65. The van der Waals surface area contributed by atoms with Gasteiger partial charge in [-0.1, -0.05) is 34.1 Å². The van der Waals surface area contributed by atoms with Crippen molar-refractivity contribution in [1.29, 1.82) is 0 Å². The Kier molecular flexibility index (Phi) is 6.86. The zero-order valence-electron chi connectivity index (χ0n) is 9.89. The second-order valence-corrected chi connectivity index (χ2v) is 5.36. The van der Waals surface area contributed by atoms with Gasteiger partial charge in [-0.05, 0) is 25.0 Å². The molecule has 96 valence electrons. The summed E-state index contributed by atoms with van der Waals surface area (Å²) < 4.78 is 6.47. The molecule has 0 fully saturated rings. The molecule has 0 saturated heterocycles.